The topological polar surface area (TPSA) is 101 Å². The third kappa shape index (κ3) is 4.70. The van der Waals surface area contributed by atoms with Gasteiger partial charge in [0.25, 0.3) is 5.91 Å². The SMILES string of the molecule is CC(CC(=O)O)NC(=O)c1cccc(S(C)(=O)=O)c1. The molecule has 1 unspecified atom stereocenters. The number of sulfone groups is 1. The van der Waals surface area contributed by atoms with Gasteiger partial charge in [-0.05, 0) is 25.1 Å². The number of carboxylic acids is 1. The summed E-state index contributed by atoms with van der Waals surface area (Å²) in [6.45, 7) is 1.56. The number of rotatable bonds is 5. The number of amides is 1. The summed E-state index contributed by atoms with van der Waals surface area (Å²) in [5, 5.41) is 11.1. The molecule has 1 amide bonds. The molecular formula is C12H15NO5S. The van der Waals surface area contributed by atoms with E-state index in [0.717, 1.165) is 6.26 Å². The molecule has 0 aliphatic heterocycles. The first kappa shape index (κ1) is 15.2. The Bertz CT molecular complexity index is 594. The van der Waals surface area contributed by atoms with E-state index in [1.165, 1.54) is 24.3 Å². The highest BCUT2D eigenvalue weighted by Crippen LogP contribution is 2.11. The fourth-order valence-corrected chi connectivity index (χ4v) is 2.15. The smallest absolute Gasteiger partial charge is 0.305 e. The van der Waals surface area contributed by atoms with E-state index >= 15 is 0 Å². The van der Waals surface area contributed by atoms with Crippen molar-refractivity contribution < 1.29 is 23.1 Å². The van der Waals surface area contributed by atoms with Crippen molar-refractivity contribution in [2.24, 2.45) is 0 Å². The van der Waals surface area contributed by atoms with Crippen LogP contribution in [-0.4, -0.2) is 37.7 Å². The van der Waals surface area contributed by atoms with Crippen molar-refractivity contribution in [2.45, 2.75) is 24.3 Å². The number of hydrogen-bond donors (Lipinski definition) is 2. The molecule has 0 radical (unpaired) electrons. The Morgan fingerprint density at radius 2 is 2.00 bits per heavy atom. The van der Waals surface area contributed by atoms with Crippen LogP contribution in [0.2, 0.25) is 0 Å². The monoisotopic (exact) mass is 285 g/mol. The fraction of sp³-hybridized carbons (Fsp3) is 0.333. The molecule has 1 aromatic rings. The van der Waals surface area contributed by atoms with Crippen molar-refractivity contribution >= 4 is 21.7 Å². The zero-order valence-electron chi connectivity index (χ0n) is 10.6. The number of benzene rings is 1. The van der Waals surface area contributed by atoms with Crippen LogP contribution in [0.3, 0.4) is 0 Å². The maximum absolute atomic E-state index is 11.8. The summed E-state index contributed by atoms with van der Waals surface area (Å²) in [5.74, 6) is -1.52. The molecule has 19 heavy (non-hydrogen) atoms. The molecule has 1 rings (SSSR count). The standard InChI is InChI=1S/C12H15NO5S/c1-8(6-11(14)15)13-12(16)9-4-3-5-10(7-9)19(2,17)18/h3-5,7-8H,6H2,1-2H3,(H,13,16)(H,14,15). The van der Waals surface area contributed by atoms with Gasteiger partial charge in [-0.15, -0.1) is 0 Å². The van der Waals surface area contributed by atoms with Gasteiger partial charge in [-0.1, -0.05) is 6.07 Å². The van der Waals surface area contributed by atoms with Crippen LogP contribution >= 0.6 is 0 Å². The lowest BCUT2D eigenvalue weighted by molar-refractivity contribution is -0.137. The molecule has 0 bridgehead atoms. The minimum absolute atomic E-state index is 0.0473. The van der Waals surface area contributed by atoms with Crippen molar-refractivity contribution in [3.8, 4) is 0 Å². The molecule has 0 aromatic heterocycles. The van der Waals surface area contributed by atoms with Crippen LogP contribution in [-0.2, 0) is 14.6 Å². The Morgan fingerprint density at radius 1 is 1.37 bits per heavy atom. The number of carboxylic acid groups (broad SMARTS) is 1. The Hall–Kier alpha value is -1.89. The minimum Gasteiger partial charge on any atom is -0.481 e. The Morgan fingerprint density at radius 3 is 2.53 bits per heavy atom. The van der Waals surface area contributed by atoms with Crippen molar-refractivity contribution in [3.63, 3.8) is 0 Å². The molecule has 0 saturated heterocycles. The first-order chi connectivity index (χ1) is 8.70. The predicted molar refractivity (Wildman–Crippen MR) is 68.7 cm³/mol. The highest BCUT2D eigenvalue weighted by molar-refractivity contribution is 7.90. The van der Waals surface area contributed by atoms with Crippen LogP contribution in [0, 0.1) is 0 Å². The first-order valence-corrected chi connectivity index (χ1v) is 7.42. The number of carbonyl (C=O) groups is 2. The molecule has 6 nitrogen and oxygen atoms in total. The Labute approximate surface area is 111 Å². The van der Waals surface area contributed by atoms with Gasteiger partial charge in [0.15, 0.2) is 9.84 Å². The van der Waals surface area contributed by atoms with E-state index in [1.54, 1.807) is 6.92 Å². The van der Waals surface area contributed by atoms with Gasteiger partial charge in [0.05, 0.1) is 11.3 Å². The normalized spacial score (nSPS) is 12.7. The fourth-order valence-electron chi connectivity index (χ4n) is 1.49. The second-order valence-corrected chi connectivity index (χ2v) is 6.29. The Kier molecular flexibility index (Phi) is 4.66. The van der Waals surface area contributed by atoms with Crippen LogP contribution in [0.15, 0.2) is 29.2 Å². The molecule has 7 heteroatoms. The summed E-state index contributed by atoms with van der Waals surface area (Å²) in [5.41, 5.74) is 0.181. The van der Waals surface area contributed by atoms with Crippen molar-refractivity contribution in [3.05, 3.63) is 29.8 Å². The molecular weight excluding hydrogens is 270 g/mol. The van der Waals surface area contributed by atoms with E-state index in [2.05, 4.69) is 5.32 Å². The number of carbonyl (C=O) groups excluding carboxylic acids is 1. The van der Waals surface area contributed by atoms with Crippen LogP contribution in [0.1, 0.15) is 23.7 Å². The lowest BCUT2D eigenvalue weighted by Gasteiger charge is -2.11. The van der Waals surface area contributed by atoms with E-state index in [0.29, 0.717) is 0 Å². The third-order valence-electron chi connectivity index (χ3n) is 2.38. The van der Waals surface area contributed by atoms with Crippen LogP contribution in [0.5, 0.6) is 0 Å². The third-order valence-corrected chi connectivity index (χ3v) is 3.49. The summed E-state index contributed by atoms with van der Waals surface area (Å²) >= 11 is 0. The van der Waals surface area contributed by atoms with Gasteiger partial charge < -0.3 is 10.4 Å². The van der Waals surface area contributed by atoms with Gasteiger partial charge in [-0.25, -0.2) is 8.42 Å². The van der Waals surface area contributed by atoms with Crippen LogP contribution in [0.25, 0.3) is 0 Å². The number of aliphatic carboxylic acids is 1. The maximum Gasteiger partial charge on any atom is 0.305 e. The van der Waals surface area contributed by atoms with Gasteiger partial charge in [-0.3, -0.25) is 9.59 Å². The summed E-state index contributed by atoms with van der Waals surface area (Å²) in [7, 11) is -3.38. The summed E-state index contributed by atoms with van der Waals surface area (Å²) in [6, 6.07) is 5.06. The van der Waals surface area contributed by atoms with Gasteiger partial charge in [0.2, 0.25) is 0 Å². The zero-order valence-corrected chi connectivity index (χ0v) is 11.4. The van der Waals surface area contributed by atoms with E-state index in [-0.39, 0.29) is 16.9 Å². The maximum atomic E-state index is 11.8. The van der Waals surface area contributed by atoms with Crippen LogP contribution in [0.4, 0.5) is 0 Å². The summed E-state index contributed by atoms with van der Waals surface area (Å²) < 4.78 is 22.7. The van der Waals surface area contributed by atoms with E-state index < -0.39 is 27.8 Å². The molecule has 104 valence electrons. The summed E-state index contributed by atoms with van der Waals surface area (Å²) in [6.07, 6.45) is 0.856. The predicted octanol–water partition coefficient (Wildman–Crippen LogP) is 0.683. The van der Waals surface area contributed by atoms with Crippen molar-refractivity contribution in [1.29, 1.82) is 0 Å². The molecule has 0 aliphatic carbocycles. The molecule has 0 aliphatic rings. The summed E-state index contributed by atoms with van der Waals surface area (Å²) in [4.78, 5) is 22.3. The van der Waals surface area contributed by atoms with Gasteiger partial charge in [0, 0.05) is 17.9 Å². The second kappa shape index (κ2) is 5.83. The lowest BCUT2D eigenvalue weighted by Crippen LogP contribution is -2.34. The molecule has 0 heterocycles. The van der Waals surface area contributed by atoms with Crippen molar-refractivity contribution in [2.75, 3.05) is 6.26 Å². The molecule has 2 N–H and O–H groups in total. The highest BCUT2D eigenvalue weighted by atomic mass is 32.2. The minimum atomic E-state index is -3.38. The molecule has 1 atom stereocenters. The van der Waals surface area contributed by atoms with Gasteiger partial charge in [0.1, 0.15) is 0 Å². The number of nitrogens with one attached hydrogen (secondary N) is 1. The van der Waals surface area contributed by atoms with Crippen molar-refractivity contribution in [1.82, 2.24) is 5.32 Å². The highest BCUT2D eigenvalue weighted by Gasteiger charge is 2.14. The van der Waals surface area contributed by atoms with E-state index in [1.807, 2.05) is 0 Å². The molecule has 0 saturated carbocycles. The first-order valence-electron chi connectivity index (χ1n) is 5.53. The number of hydrogen-bond acceptors (Lipinski definition) is 4. The molecule has 1 aromatic carbocycles. The quantitative estimate of drug-likeness (QED) is 0.828. The second-order valence-electron chi connectivity index (χ2n) is 4.27. The van der Waals surface area contributed by atoms with E-state index in [4.69, 9.17) is 5.11 Å². The van der Waals surface area contributed by atoms with Crippen LogP contribution < -0.4 is 5.32 Å². The largest absolute Gasteiger partial charge is 0.481 e. The van der Waals surface area contributed by atoms with E-state index in [9.17, 15) is 18.0 Å². The Balaban J connectivity index is 2.86. The molecule has 0 fully saturated rings. The van der Waals surface area contributed by atoms with Gasteiger partial charge >= 0.3 is 5.97 Å². The lowest BCUT2D eigenvalue weighted by atomic mass is 10.2. The average molecular weight is 285 g/mol. The zero-order chi connectivity index (χ0) is 14.6. The molecule has 0 spiro atoms. The average Bonchev–Trinajstić information content (AvgIpc) is 2.26. The van der Waals surface area contributed by atoms with Gasteiger partial charge in [-0.2, -0.15) is 0 Å².